The molecule has 3 aliphatic rings. The molecule has 5 rings (SSSR count). The summed E-state index contributed by atoms with van der Waals surface area (Å²) in [6.07, 6.45) is 2.61. The number of carboxylic acids is 1. The Balaban J connectivity index is 1.62. The van der Waals surface area contributed by atoms with Gasteiger partial charge in [0.05, 0.1) is 19.6 Å². The molecule has 1 aliphatic heterocycles. The van der Waals surface area contributed by atoms with Crippen molar-refractivity contribution < 1.29 is 28.6 Å². The maximum Gasteiger partial charge on any atom is 0.304 e. The first-order valence-corrected chi connectivity index (χ1v) is 15.3. The molecule has 2 aliphatic carbocycles. The van der Waals surface area contributed by atoms with Crippen molar-refractivity contribution >= 4 is 30.4 Å². The van der Waals surface area contributed by atoms with Crippen LogP contribution >= 0.6 is 0 Å². The third kappa shape index (κ3) is 4.49. The fourth-order valence-corrected chi connectivity index (χ4v) is 12.1. The molecule has 1 saturated carbocycles. The molecule has 0 radical (unpaired) electrons. The third-order valence-electron chi connectivity index (χ3n) is 8.63. The normalized spacial score (nSPS) is 26.8. The van der Waals surface area contributed by atoms with Crippen LogP contribution in [0.5, 0.6) is 0 Å². The lowest BCUT2D eigenvalue weighted by atomic mass is 9.57. The van der Waals surface area contributed by atoms with E-state index in [2.05, 4.69) is 76.2 Å². The fourth-order valence-electron chi connectivity index (χ4n) is 7.40. The molecule has 2 aromatic rings. The van der Waals surface area contributed by atoms with Gasteiger partial charge in [-0.1, -0.05) is 93.9 Å². The summed E-state index contributed by atoms with van der Waals surface area (Å²) in [4.78, 5) is 25.0. The van der Waals surface area contributed by atoms with E-state index in [4.69, 9.17) is 13.9 Å². The first-order valence-electron chi connectivity index (χ1n) is 13.4. The highest BCUT2D eigenvalue weighted by Crippen LogP contribution is 2.62. The van der Waals surface area contributed by atoms with E-state index in [1.54, 1.807) is 6.08 Å². The van der Waals surface area contributed by atoms with E-state index in [1.807, 2.05) is 12.1 Å². The van der Waals surface area contributed by atoms with Crippen molar-refractivity contribution in [3.05, 3.63) is 72.3 Å². The molecule has 7 heteroatoms. The number of hydrogen-bond donors (Lipinski definition) is 1. The molecule has 0 amide bonds. The van der Waals surface area contributed by atoms with Gasteiger partial charge in [-0.25, -0.2) is 0 Å². The molecule has 2 aromatic carbocycles. The fraction of sp³-hybridized carbons (Fsp3) is 0.484. The lowest BCUT2D eigenvalue weighted by Gasteiger charge is -2.54. The number of ketones is 1. The monoisotopic (exact) mass is 534 g/mol. The molecule has 0 unspecified atom stereocenters. The highest BCUT2D eigenvalue weighted by atomic mass is 28.4. The molecule has 0 aromatic heterocycles. The predicted molar refractivity (Wildman–Crippen MR) is 148 cm³/mol. The average Bonchev–Trinajstić information content (AvgIpc) is 3.43. The first-order chi connectivity index (χ1) is 17.9. The number of fused-ring (bicyclic) bond motifs is 1. The minimum atomic E-state index is -2.86. The maximum absolute atomic E-state index is 12.9. The van der Waals surface area contributed by atoms with E-state index in [0.717, 1.165) is 5.57 Å². The second kappa shape index (κ2) is 9.56. The molecule has 202 valence electrons. The topological polar surface area (TPSA) is 82.1 Å². The number of benzene rings is 2. The summed E-state index contributed by atoms with van der Waals surface area (Å²) in [6.45, 7) is 10.1. The first kappa shape index (κ1) is 27.0. The molecule has 1 heterocycles. The zero-order chi connectivity index (χ0) is 27.2. The van der Waals surface area contributed by atoms with Crippen molar-refractivity contribution in [2.24, 2.45) is 10.8 Å². The van der Waals surface area contributed by atoms with Crippen molar-refractivity contribution in [1.82, 2.24) is 0 Å². The molecule has 38 heavy (non-hydrogen) atoms. The standard InChI is InChI=1S/C31H38O6Si/c1-28(2,3)38(24-11-7-5-8-12-24,25-13-9-6-10-14-25)37-22-29(4)20-31(35-15-16-36-31)21-30(19-27(33)34)18-23(32)17-26(29)30/h5-14,17H,15-16,18-22H2,1-4H3,(H,33,34)/t29-,30-/m0/s1. The van der Waals surface area contributed by atoms with E-state index >= 15 is 0 Å². The third-order valence-corrected chi connectivity index (χ3v) is 13.6. The van der Waals surface area contributed by atoms with Crippen LogP contribution in [-0.4, -0.2) is 50.8 Å². The van der Waals surface area contributed by atoms with Gasteiger partial charge in [-0.3, -0.25) is 9.59 Å². The lowest BCUT2D eigenvalue weighted by molar-refractivity contribution is -0.215. The molecule has 0 bridgehead atoms. The van der Waals surface area contributed by atoms with Crippen molar-refractivity contribution in [3.63, 3.8) is 0 Å². The number of rotatable bonds is 7. The van der Waals surface area contributed by atoms with Crippen LogP contribution in [0.4, 0.5) is 0 Å². The van der Waals surface area contributed by atoms with Gasteiger partial charge in [0.25, 0.3) is 8.32 Å². The highest BCUT2D eigenvalue weighted by Gasteiger charge is 2.62. The molecule has 1 N–H and O–H groups in total. The smallest absolute Gasteiger partial charge is 0.304 e. The van der Waals surface area contributed by atoms with Gasteiger partial charge in [-0.2, -0.15) is 0 Å². The number of aliphatic carboxylic acids is 1. The van der Waals surface area contributed by atoms with Crippen LogP contribution in [0.2, 0.25) is 5.04 Å². The zero-order valence-corrected chi connectivity index (χ0v) is 23.8. The Bertz CT molecular complexity index is 1190. The van der Waals surface area contributed by atoms with Crippen molar-refractivity contribution in [2.45, 2.75) is 64.2 Å². The summed E-state index contributed by atoms with van der Waals surface area (Å²) in [5, 5.41) is 12.1. The second-order valence-electron chi connectivity index (χ2n) is 12.5. The molecule has 2 atom stereocenters. The predicted octanol–water partition coefficient (Wildman–Crippen LogP) is 4.47. The Kier molecular flexibility index (Phi) is 6.79. The van der Waals surface area contributed by atoms with Crippen LogP contribution in [0.25, 0.3) is 0 Å². The number of carbonyl (C=O) groups excluding carboxylic acids is 1. The van der Waals surface area contributed by atoms with E-state index < -0.39 is 30.9 Å². The van der Waals surface area contributed by atoms with Gasteiger partial charge in [0, 0.05) is 36.7 Å². The molecule has 2 fully saturated rings. The van der Waals surface area contributed by atoms with Crippen LogP contribution in [0.15, 0.2) is 72.3 Å². The van der Waals surface area contributed by atoms with E-state index in [0.29, 0.717) is 32.7 Å². The lowest BCUT2D eigenvalue weighted by Crippen LogP contribution is -2.67. The number of carbonyl (C=O) groups is 2. The van der Waals surface area contributed by atoms with Gasteiger partial charge >= 0.3 is 5.97 Å². The summed E-state index contributed by atoms with van der Waals surface area (Å²) >= 11 is 0. The van der Waals surface area contributed by atoms with Gasteiger partial charge in [0.2, 0.25) is 0 Å². The minimum Gasteiger partial charge on any atom is -0.481 e. The second-order valence-corrected chi connectivity index (χ2v) is 16.8. The molecule has 1 saturated heterocycles. The van der Waals surface area contributed by atoms with E-state index in [9.17, 15) is 14.7 Å². The highest BCUT2D eigenvalue weighted by molar-refractivity contribution is 6.99. The Morgan fingerprint density at radius 3 is 2.03 bits per heavy atom. The van der Waals surface area contributed by atoms with Crippen LogP contribution in [0, 0.1) is 10.8 Å². The Morgan fingerprint density at radius 2 is 1.53 bits per heavy atom. The minimum absolute atomic E-state index is 0.0343. The average molecular weight is 535 g/mol. The quantitative estimate of drug-likeness (QED) is 0.528. The van der Waals surface area contributed by atoms with Gasteiger partial charge in [0.15, 0.2) is 11.6 Å². The van der Waals surface area contributed by atoms with Gasteiger partial charge in [0.1, 0.15) is 0 Å². The van der Waals surface area contributed by atoms with Crippen LogP contribution < -0.4 is 10.4 Å². The number of hydrogen-bond acceptors (Lipinski definition) is 5. The number of allylic oxidation sites excluding steroid dienone is 1. The van der Waals surface area contributed by atoms with Crippen molar-refractivity contribution in [3.8, 4) is 0 Å². The summed E-state index contributed by atoms with van der Waals surface area (Å²) in [6, 6.07) is 20.9. The Labute approximate surface area is 226 Å². The van der Waals surface area contributed by atoms with Gasteiger partial charge in [-0.05, 0) is 21.5 Å². The number of carboxylic acid groups (broad SMARTS) is 1. The van der Waals surface area contributed by atoms with Gasteiger partial charge in [-0.15, -0.1) is 0 Å². The summed E-state index contributed by atoms with van der Waals surface area (Å²) in [5.41, 5.74) is -0.605. The van der Waals surface area contributed by atoms with Crippen LogP contribution in [-0.2, 0) is 23.5 Å². The summed E-state index contributed by atoms with van der Waals surface area (Å²) in [5.74, 6) is -1.87. The Hall–Kier alpha value is -2.58. The molecular weight excluding hydrogens is 496 g/mol. The van der Waals surface area contributed by atoms with Crippen molar-refractivity contribution in [2.75, 3.05) is 19.8 Å². The summed E-state index contributed by atoms with van der Waals surface area (Å²) in [7, 11) is -2.86. The van der Waals surface area contributed by atoms with Gasteiger partial charge < -0.3 is 19.0 Å². The summed E-state index contributed by atoms with van der Waals surface area (Å²) < 4.78 is 19.7. The van der Waals surface area contributed by atoms with E-state index in [-0.39, 0.29) is 23.7 Å². The molecule has 6 nitrogen and oxygen atoms in total. The maximum atomic E-state index is 12.9. The van der Waals surface area contributed by atoms with E-state index in [1.165, 1.54) is 10.4 Å². The SMILES string of the molecule is CC(C)(C)[Si](OC[C@]1(C)CC2(C[C@@]3(CC(=O)O)CC(=O)C=C13)OCCO2)(c1ccccc1)c1ccccc1. The van der Waals surface area contributed by atoms with Crippen LogP contribution in [0.1, 0.15) is 53.4 Å². The Morgan fingerprint density at radius 1 is 0.974 bits per heavy atom. The molecular formula is C31H38O6Si. The van der Waals surface area contributed by atoms with Crippen molar-refractivity contribution in [1.29, 1.82) is 0 Å². The molecule has 1 spiro atoms. The van der Waals surface area contributed by atoms with Crippen LogP contribution in [0.3, 0.4) is 0 Å². The largest absolute Gasteiger partial charge is 0.481 e. The number of ether oxygens (including phenoxy) is 2. The zero-order valence-electron chi connectivity index (χ0n) is 22.8.